The Morgan fingerprint density at radius 1 is 1.57 bits per heavy atom. The zero-order chi connectivity index (χ0) is 10.7. The van der Waals surface area contributed by atoms with Crippen molar-refractivity contribution < 1.29 is 15.1 Å². The minimum absolute atomic E-state index is 0.0346. The van der Waals surface area contributed by atoms with Gasteiger partial charge in [0, 0.05) is 6.20 Å². The van der Waals surface area contributed by atoms with E-state index in [2.05, 4.69) is 10.1 Å². The third-order valence-electron chi connectivity index (χ3n) is 1.69. The molecule has 1 rings (SSSR count). The number of hydrogen-bond donors (Lipinski definition) is 3. The topological polar surface area (TPSA) is 103 Å². The fourth-order valence-corrected chi connectivity index (χ4v) is 0.930. The second-order valence-electron chi connectivity index (χ2n) is 2.62. The molecule has 0 radical (unpaired) electrons. The molecular weight excluding hydrogens is 188 g/mol. The third kappa shape index (κ3) is 1.79. The van der Waals surface area contributed by atoms with E-state index in [0.717, 1.165) is 12.3 Å². The van der Waals surface area contributed by atoms with E-state index >= 15 is 0 Å². The van der Waals surface area contributed by atoms with Gasteiger partial charge in [0.25, 0.3) is 5.56 Å². The smallest absolute Gasteiger partial charge is 0.337 e. The quantitative estimate of drug-likeness (QED) is 0.359. The van der Waals surface area contributed by atoms with Crippen LogP contribution in [0.25, 0.3) is 0 Å². The fraction of sp³-hybridized carbons (Fsp3) is 0.125. The minimum Gasteiger partial charge on any atom is -0.478 e. The number of carbonyl (C=O) groups is 1. The van der Waals surface area contributed by atoms with E-state index in [1.807, 2.05) is 0 Å². The van der Waals surface area contributed by atoms with Crippen LogP contribution in [0.1, 0.15) is 22.8 Å². The summed E-state index contributed by atoms with van der Waals surface area (Å²) < 4.78 is 0. The molecule has 0 aliphatic carbocycles. The Bertz CT molecular complexity index is 447. The van der Waals surface area contributed by atoms with Crippen LogP contribution in [0.5, 0.6) is 0 Å². The summed E-state index contributed by atoms with van der Waals surface area (Å²) in [7, 11) is 0. The molecule has 6 nitrogen and oxygen atoms in total. The van der Waals surface area contributed by atoms with Gasteiger partial charge in [0.05, 0.1) is 16.8 Å². The van der Waals surface area contributed by atoms with Gasteiger partial charge in [0.2, 0.25) is 0 Å². The van der Waals surface area contributed by atoms with Crippen molar-refractivity contribution in [3.63, 3.8) is 0 Å². The van der Waals surface area contributed by atoms with Gasteiger partial charge in [0.1, 0.15) is 0 Å². The maximum Gasteiger partial charge on any atom is 0.337 e. The predicted molar refractivity (Wildman–Crippen MR) is 48.0 cm³/mol. The Hall–Kier alpha value is -2.11. The van der Waals surface area contributed by atoms with Gasteiger partial charge in [0.15, 0.2) is 0 Å². The number of carboxylic acid groups (broad SMARTS) is 1. The lowest BCUT2D eigenvalue weighted by atomic mass is 10.1. The Labute approximate surface area is 78.5 Å². The Balaban J connectivity index is 3.36. The molecule has 6 heteroatoms. The summed E-state index contributed by atoms with van der Waals surface area (Å²) in [5.74, 6) is -1.16. The van der Waals surface area contributed by atoms with Crippen LogP contribution in [0.3, 0.4) is 0 Å². The van der Waals surface area contributed by atoms with Crippen LogP contribution in [0, 0.1) is 0 Å². The highest BCUT2D eigenvalue weighted by molar-refractivity contribution is 5.99. The van der Waals surface area contributed by atoms with E-state index in [1.54, 1.807) is 0 Å². The minimum atomic E-state index is -1.16. The van der Waals surface area contributed by atoms with Crippen molar-refractivity contribution in [2.24, 2.45) is 5.16 Å². The monoisotopic (exact) mass is 196 g/mol. The number of aromatic carboxylic acids is 1. The molecule has 1 aromatic rings. The van der Waals surface area contributed by atoms with Crippen molar-refractivity contribution in [2.75, 3.05) is 0 Å². The van der Waals surface area contributed by atoms with E-state index in [1.165, 1.54) is 6.92 Å². The molecule has 74 valence electrons. The lowest BCUT2D eigenvalue weighted by molar-refractivity contribution is 0.0696. The van der Waals surface area contributed by atoms with Gasteiger partial charge in [-0.05, 0) is 13.0 Å². The first-order valence-corrected chi connectivity index (χ1v) is 3.71. The molecule has 0 saturated heterocycles. The van der Waals surface area contributed by atoms with Crippen LogP contribution in [-0.4, -0.2) is 27.0 Å². The molecule has 0 saturated carbocycles. The first-order chi connectivity index (χ1) is 6.56. The average molecular weight is 196 g/mol. The van der Waals surface area contributed by atoms with E-state index in [4.69, 9.17) is 10.3 Å². The van der Waals surface area contributed by atoms with Crippen molar-refractivity contribution in [1.29, 1.82) is 0 Å². The number of rotatable bonds is 2. The van der Waals surface area contributed by atoms with Crippen LogP contribution >= 0.6 is 0 Å². The zero-order valence-corrected chi connectivity index (χ0v) is 7.31. The van der Waals surface area contributed by atoms with Gasteiger partial charge < -0.3 is 15.3 Å². The normalized spacial score (nSPS) is 11.4. The molecule has 0 aliphatic rings. The van der Waals surface area contributed by atoms with Crippen LogP contribution in [0.4, 0.5) is 0 Å². The molecule has 0 atom stereocenters. The predicted octanol–water partition coefficient (Wildman–Crippen LogP) is 0.271. The lowest BCUT2D eigenvalue weighted by Gasteiger charge is -1.98. The van der Waals surface area contributed by atoms with Crippen molar-refractivity contribution in [2.45, 2.75) is 6.92 Å². The van der Waals surface area contributed by atoms with E-state index < -0.39 is 11.5 Å². The highest BCUT2D eigenvalue weighted by Gasteiger charge is 2.09. The number of nitrogens with zero attached hydrogens (tertiary/aromatic N) is 1. The van der Waals surface area contributed by atoms with Crippen molar-refractivity contribution >= 4 is 11.7 Å². The number of H-pyrrole nitrogens is 1. The molecule has 0 aliphatic heterocycles. The lowest BCUT2D eigenvalue weighted by Crippen LogP contribution is -2.17. The molecule has 0 amide bonds. The summed E-state index contributed by atoms with van der Waals surface area (Å²) in [5.41, 5.74) is -0.463. The average Bonchev–Trinajstić information content (AvgIpc) is 2.17. The van der Waals surface area contributed by atoms with Crippen molar-refractivity contribution in [3.05, 3.63) is 33.7 Å². The standard InChI is InChI=1S/C8H8N2O4/c1-4(10-14)6-2-5(8(12)13)3-9-7(6)11/h2-3,14H,1H3,(H,9,11)(H,12,13). The third-order valence-corrected chi connectivity index (χ3v) is 1.69. The highest BCUT2D eigenvalue weighted by Crippen LogP contribution is 1.99. The first-order valence-electron chi connectivity index (χ1n) is 3.71. The second-order valence-corrected chi connectivity index (χ2v) is 2.62. The van der Waals surface area contributed by atoms with Crippen LogP contribution in [0.15, 0.2) is 22.2 Å². The molecular formula is C8H8N2O4. The van der Waals surface area contributed by atoms with Gasteiger partial charge in [-0.3, -0.25) is 4.79 Å². The largest absolute Gasteiger partial charge is 0.478 e. The molecule has 0 unspecified atom stereocenters. The molecule has 0 bridgehead atoms. The maximum atomic E-state index is 11.2. The number of nitrogens with one attached hydrogen (secondary N) is 1. The summed E-state index contributed by atoms with van der Waals surface area (Å²) in [6, 6.07) is 1.15. The molecule has 0 aromatic carbocycles. The molecule has 14 heavy (non-hydrogen) atoms. The summed E-state index contributed by atoms with van der Waals surface area (Å²) in [5, 5.41) is 19.9. The maximum absolute atomic E-state index is 11.2. The SMILES string of the molecule is CC(=NO)c1cc(C(=O)O)c[nH]c1=O. The number of carboxylic acids is 1. The summed E-state index contributed by atoms with van der Waals surface area (Å²) >= 11 is 0. The number of oxime groups is 1. The van der Waals surface area contributed by atoms with E-state index in [0.29, 0.717) is 0 Å². The second kappa shape index (κ2) is 3.73. The summed E-state index contributed by atoms with van der Waals surface area (Å²) in [6.07, 6.45) is 1.08. The number of hydrogen-bond acceptors (Lipinski definition) is 4. The van der Waals surface area contributed by atoms with E-state index in [9.17, 15) is 9.59 Å². The van der Waals surface area contributed by atoms with Crippen molar-refractivity contribution in [3.8, 4) is 0 Å². The van der Waals surface area contributed by atoms with Gasteiger partial charge in [-0.1, -0.05) is 5.16 Å². The zero-order valence-electron chi connectivity index (χ0n) is 7.31. The van der Waals surface area contributed by atoms with Crippen LogP contribution < -0.4 is 5.56 Å². The van der Waals surface area contributed by atoms with Crippen LogP contribution in [-0.2, 0) is 0 Å². The van der Waals surface area contributed by atoms with Crippen LogP contribution in [0.2, 0.25) is 0 Å². The fourth-order valence-electron chi connectivity index (χ4n) is 0.930. The summed E-state index contributed by atoms with van der Waals surface area (Å²) in [4.78, 5) is 23.9. The van der Waals surface area contributed by atoms with Gasteiger partial charge in [-0.2, -0.15) is 0 Å². The summed E-state index contributed by atoms with van der Waals surface area (Å²) in [6.45, 7) is 1.40. The highest BCUT2D eigenvalue weighted by atomic mass is 16.4. The van der Waals surface area contributed by atoms with Gasteiger partial charge in [-0.15, -0.1) is 0 Å². The number of aromatic nitrogens is 1. The van der Waals surface area contributed by atoms with E-state index in [-0.39, 0.29) is 16.8 Å². The Morgan fingerprint density at radius 3 is 2.71 bits per heavy atom. The van der Waals surface area contributed by atoms with Gasteiger partial charge >= 0.3 is 5.97 Å². The Morgan fingerprint density at radius 2 is 2.21 bits per heavy atom. The first kappa shape index (κ1) is 9.97. The number of aromatic amines is 1. The molecule has 0 fully saturated rings. The Kier molecular flexibility index (Phi) is 2.66. The number of pyridine rings is 1. The molecule has 1 aromatic heterocycles. The van der Waals surface area contributed by atoms with Crippen molar-refractivity contribution in [1.82, 2.24) is 4.98 Å². The molecule has 3 N–H and O–H groups in total. The molecule has 1 heterocycles. The van der Waals surface area contributed by atoms with Gasteiger partial charge in [-0.25, -0.2) is 4.79 Å². The molecule has 0 spiro atoms.